The first-order valence-electron chi connectivity index (χ1n) is 5.06. The Labute approximate surface area is 85.3 Å². The van der Waals surface area contributed by atoms with E-state index >= 15 is 0 Å². The van der Waals surface area contributed by atoms with E-state index in [2.05, 4.69) is 19.2 Å². The van der Waals surface area contributed by atoms with Gasteiger partial charge in [-0.1, -0.05) is 19.1 Å². The molecule has 1 rings (SSSR count). The molecule has 1 aromatic carbocycles. The first-order valence-corrected chi connectivity index (χ1v) is 5.06. The van der Waals surface area contributed by atoms with Crippen LogP contribution in [0.2, 0.25) is 0 Å². The van der Waals surface area contributed by atoms with E-state index in [1.807, 2.05) is 19.2 Å². The highest BCUT2D eigenvalue weighted by molar-refractivity contribution is 5.19. The van der Waals surface area contributed by atoms with Gasteiger partial charge in [0.15, 0.2) is 0 Å². The molecule has 0 aliphatic rings. The first-order chi connectivity index (χ1) is 6.63. The maximum atomic E-state index is 12.7. The minimum Gasteiger partial charge on any atom is -0.317 e. The van der Waals surface area contributed by atoms with Crippen molar-refractivity contribution in [1.29, 1.82) is 0 Å². The van der Waals surface area contributed by atoms with Crippen molar-refractivity contribution in [3.8, 4) is 0 Å². The SMILES string of the molecule is CNC(C)CC(C)c1ccc(F)cc1. The van der Waals surface area contributed by atoms with Gasteiger partial charge in [-0.05, 0) is 44.0 Å². The predicted octanol–water partition coefficient (Wildman–Crippen LogP) is 2.93. The van der Waals surface area contributed by atoms with E-state index in [4.69, 9.17) is 0 Å². The van der Waals surface area contributed by atoms with Crippen LogP contribution in [0.5, 0.6) is 0 Å². The van der Waals surface area contributed by atoms with Crippen LogP contribution in [0.4, 0.5) is 4.39 Å². The van der Waals surface area contributed by atoms with Gasteiger partial charge in [0.25, 0.3) is 0 Å². The topological polar surface area (TPSA) is 12.0 Å². The van der Waals surface area contributed by atoms with E-state index in [1.165, 1.54) is 17.7 Å². The van der Waals surface area contributed by atoms with Gasteiger partial charge < -0.3 is 5.32 Å². The monoisotopic (exact) mass is 195 g/mol. The van der Waals surface area contributed by atoms with Crippen molar-refractivity contribution in [1.82, 2.24) is 5.32 Å². The average molecular weight is 195 g/mol. The summed E-state index contributed by atoms with van der Waals surface area (Å²) in [5.41, 5.74) is 1.20. The highest BCUT2D eigenvalue weighted by Gasteiger charge is 2.08. The molecule has 0 fully saturated rings. The Balaban J connectivity index is 2.60. The zero-order chi connectivity index (χ0) is 10.6. The van der Waals surface area contributed by atoms with Crippen LogP contribution in [-0.4, -0.2) is 13.1 Å². The summed E-state index contributed by atoms with van der Waals surface area (Å²) in [6.07, 6.45) is 1.07. The summed E-state index contributed by atoms with van der Waals surface area (Å²) in [5.74, 6) is 0.306. The molecule has 0 radical (unpaired) electrons. The number of nitrogens with one attached hydrogen (secondary N) is 1. The Kier molecular flexibility index (Phi) is 4.08. The van der Waals surface area contributed by atoms with Gasteiger partial charge in [0, 0.05) is 6.04 Å². The summed E-state index contributed by atoms with van der Waals surface area (Å²) in [5, 5.41) is 3.20. The first kappa shape index (κ1) is 11.2. The van der Waals surface area contributed by atoms with Crippen molar-refractivity contribution in [2.75, 3.05) is 7.05 Å². The second-order valence-corrected chi connectivity index (χ2v) is 3.88. The summed E-state index contributed by atoms with van der Waals surface area (Å²) in [6, 6.07) is 7.27. The zero-order valence-electron chi connectivity index (χ0n) is 9.05. The van der Waals surface area contributed by atoms with Crippen LogP contribution in [-0.2, 0) is 0 Å². The van der Waals surface area contributed by atoms with E-state index in [-0.39, 0.29) is 5.82 Å². The lowest BCUT2D eigenvalue weighted by atomic mass is 9.94. The Morgan fingerprint density at radius 3 is 2.29 bits per heavy atom. The number of rotatable bonds is 4. The maximum absolute atomic E-state index is 12.7. The van der Waals surface area contributed by atoms with Crippen molar-refractivity contribution < 1.29 is 4.39 Å². The van der Waals surface area contributed by atoms with E-state index in [0.29, 0.717) is 12.0 Å². The predicted molar refractivity (Wildman–Crippen MR) is 58.0 cm³/mol. The third-order valence-electron chi connectivity index (χ3n) is 2.64. The Morgan fingerprint density at radius 2 is 1.79 bits per heavy atom. The van der Waals surface area contributed by atoms with Crippen molar-refractivity contribution in [3.63, 3.8) is 0 Å². The summed E-state index contributed by atoms with van der Waals surface area (Å²) < 4.78 is 12.7. The summed E-state index contributed by atoms with van der Waals surface area (Å²) in [6.45, 7) is 4.32. The van der Waals surface area contributed by atoms with Gasteiger partial charge in [-0.2, -0.15) is 0 Å². The molecule has 0 amide bonds. The lowest BCUT2D eigenvalue weighted by Gasteiger charge is -2.16. The van der Waals surface area contributed by atoms with Crippen LogP contribution in [0, 0.1) is 5.82 Å². The van der Waals surface area contributed by atoms with Crippen LogP contribution in [0.3, 0.4) is 0 Å². The van der Waals surface area contributed by atoms with Gasteiger partial charge in [-0.3, -0.25) is 0 Å². The molecule has 0 spiro atoms. The van der Waals surface area contributed by atoms with Crippen molar-refractivity contribution in [2.24, 2.45) is 0 Å². The van der Waals surface area contributed by atoms with Gasteiger partial charge in [0.05, 0.1) is 0 Å². The second kappa shape index (κ2) is 5.11. The van der Waals surface area contributed by atoms with Crippen LogP contribution in [0.25, 0.3) is 0 Å². The molecule has 1 N–H and O–H groups in total. The van der Waals surface area contributed by atoms with Crippen LogP contribution in [0.15, 0.2) is 24.3 Å². The zero-order valence-corrected chi connectivity index (χ0v) is 9.05. The van der Waals surface area contributed by atoms with Gasteiger partial charge in [-0.15, -0.1) is 0 Å². The molecule has 0 saturated heterocycles. The molecule has 0 aliphatic heterocycles. The fourth-order valence-electron chi connectivity index (χ4n) is 1.58. The molecule has 1 nitrogen and oxygen atoms in total. The third-order valence-corrected chi connectivity index (χ3v) is 2.64. The largest absolute Gasteiger partial charge is 0.317 e. The summed E-state index contributed by atoms with van der Waals surface area (Å²) >= 11 is 0. The number of benzene rings is 1. The number of hydrogen-bond donors (Lipinski definition) is 1. The summed E-state index contributed by atoms with van der Waals surface area (Å²) in [7, 11) is 1.96. The molecule has 0 bridgehead atoms. The lowest BCUT2D eigenvalue weighted by molar-refractivity contribution is 0.515. The van der Waals surface area contributed by atoms with Gasteiger partial charge in [0.2, 0.25) is 0 Å². The average Bonchev–Trinajstić information content (AvgIpc) is 2.18. The Bertz CT molecular complexity index is 268. The van der Waals surface area contributed by atoms with Crippen LogP contribution in [0.1, 0.15) is 31.7 Å². The molecule has 2 atom stereocenters. The minimum absolute atomic E-state index is 0.164. The van der Waals surface area contributed by atoms with Crippen LogP contribution < -0.4 is 5.32 Å². The smallest absolute Gasteiger partial charge is 0.123 e. The lowest BCUT2D eigenvalue weighted by Crippen LogP contribution is -2.22. The highest BCUT2D eigenvalue weighted by Crippen LogP contribution is 2.20. The Morgan fingerprint density at radius 1 is 1.21 bits per heavy atom. The minimum atomic E-state index is -0.164. The van der Waals surface area contributed by atoms with Crippen molar-refractivity contribution in [3.05, 3.63) is 35.6 Å². The normalized spacial score (nSPS) is 15.1. The number of halogens is 1. The molecule has 0 saturated carbocycles. The molecule has 0 aliphatic carbocycles. The van der Waals surface area contributed by atoms with Gasteiger partial charge in [-0.25, -0.2) is 4.39 Å². The third kappa shape index (κ3) is 3.11. The highest BCUT2D eigenvalue weighted by atomic mass is 19.1. The van der Waals surface area contributed by atoms with Crippen molar-refractivity contribution in [2.45, 2.75) is 32.2 Å². The molecular formula is C12H18FN. The molecular weight excluding hydrogens is 177 g/mol. The molecule has 0 heterocycles. The quantitative estimate of drug-likeness (QED) is 0.779. The fraction of sp³-hybridized carbons (Fsp3) is 0.500. The molecule has 14 heavy (non-hydrogen) atoms. The summed E-state index contributed by atoms with van der Waals surface area (Å²) in [4.78, 5) is 0. The van der Waals surface area contributed by atoms with Crippen molar-refractivity contribution >= 4 is 0 Å². The molecule has 2 heteroatoms. The fourth-order valence-corrected chi connectivity index (χ4v) is 1.58. The van der Waals surface area contributed by atoms with Gasteiger partial charge >= 0.3 is 0 Å². The maximum Gasteiger partial charge on any atom is 0.123 e. The molecule has 0 aromatic heterocycles. The van der Waals surface area contributed by atoms with E-state index in [0.717, 1.165) is 6.42 Å². The standard InChI is InChI=1S/C12H18FN/c1-9(8-10(2)14-3)11-4-6-12(13)7-5-11/h4-7,9-10,14H,8H2,1-3H3. The van der Waals surface area contributed by atoms with Crippen LogP contribution >= 0.6 is 0 Å². The van der Waals surface area contributed by atoms with E-state index < -0.39 is 0 Å². The van der Waals surface area contributed by atoms with E-state index in [1.54, 1.807) is 0 Å². The van der Waals surface area contributed by atoms with E-state index in [9.17, 15) is 4.39 Å². The molecule has 2 unspecified atom stereocenters. The van der Waals surface area contributed by atoms with Gasteiger partial charge in [0.1, 0.15) is 5.82 Å². The molecule has 1 aromatic rings. The Hall–Kier alpha value is -0.890. The second-order valence-electron chi connectivity index (χ2n) is 3.88. The molecule has 78 valence electrons. The number of hydrogen-bond acceptors (Lipinski definition) is 1.